The fourth-order valence-electron chi connectivity index (χ4n) is 1.56. The summed E-state index contributed by atoms with van der Waals surface area (Å²) in [6.45, 7) is 1.49. The minimum absolute atomic E-state index is 0.184. The molecule has 16 heavy (non-hydrogen) atoms. The number of halogens is 3. The Morgan fingerprint density at radius 2 is 2.00 bits per heavy atom. The number of nitrogens with zero attached hydrogens (tertiary/aromatic N) is 1. The third-order valence-corrected chi connectivity index (χ3v) is 2.44. The van der Waals surface area contributed by atoms with Gasteiger partial charge in [-0.3, -0.25) is 0 Å². The molecule has 0 fully saturated rings. The van der Waals surface area contributed by atoms with E-state index < -0.39 is 17.9 Å². The van der Waals surface area contributed by atoms with Crippen LogP contribution >= 0.6 is 0 Å². The maximum Gasteiger partial charge on any atom is 0.280 e. The minimum Gasteiger partial charge on any atom is -0.398 e. The molecule has 0 amide bonds. The zero-order chi connectivity index (χ0) is 11.9. The first-order chi connectivity index (χ1) is 7.50. The van der Waals surface area contributed by atoms with Gasteiger partial charge < -0.3 is 5.73 Å². The molecule has 2 aromatic rings. The molecule has 1 aromatic carbocycles. The van der Waals surface area contributed by atoms with Gasteiger partial charge in [0.25, 0.3) is 6.43 Å². The number of aryl methyl sites for hydroxylation is 1. The molecule has 0 unspecified atom stereocenters. The number of hydrogen-bond acceptors (Lipinski definition) is 2. The average molecular weight is 226 g/mol. The number of rotatable bonds is 1. The van der Waals surface area contributed by atoms with E-state index in [2.05, 4.69) is 4.98 Å². The first-order valence-corrected chi connectivity index (χ1v) is 4.64. The van der Waals surface area contributed by atoms with E-state index in [4.69, 9.17) is 5.73 Å². The molecule has 0 aliphatic heterocycles. The lowest BCUT2D eigenvalue weighted by Gasteiger charge is -2.08. The molecule has 0 aliphatic carbocycles. The second-order valence-corrected chi connectivity index (χ2v) is 3.51. The number of hydrogen-bond donors (Lipinski definition) is 1. The van der Waals surface area contributed by atoms with Gasteiger partial charge in [-0.2, -0.15) is 0 Å². The van der Waals surface area contributed by atoms with Crippen molar-refractivity contribution in [3.05, 3.63) is 35.3 Å². The Hall–Kier alpha value is -1.78. The molecule has 0 aliphatic rings. The van der Waals surface area contributed by atoms with Gasteiger partial charge in [0.2, 0.25) is 0 Å². The summed E-state index contributed by atoms with van der Waals surface area (Å²) in [6.07, 6.45) is -2.71. The predicted molar refractivity (Wildman–Crippen MR) is 55.8 cm³/mol. The zero-order valence-corrected chi connectivity index (χ0v) is 8.47. The molecule has 5 heteroatoms. The van der Waals surface area contributed by atoms with E-state index >= 15 is 0 Å². The summed E-state index contributed by atoms with van der Waals surface area (Å²) in [5.74, 6) is -0.481. The van der Waals surface area contributed by atoms with E-state index in [1.54, 1.807) is 0 Å². The summed E-state index contributed by atoms with van der Waals surface area (Å²) < 4.78 is 38.2. The standard InChI is InChI=1S/C11H9F3N2/c1-5-7(12)3-2-6-8(15)4-9(11(13)14)16-10(5)6/h2-4,11H,1H3,(H2,15,16). The monoisotopic (exact) mass is 226 g/mol. The lowest BCUT2D eigenvalue weighted by Crippen LogP contribution is -1.98. The number of fused-ring (bicyclic) bond motifs is 1. The molecule has 2 nitrogen and oxygen atoms in total. The van der Waals surface area contributed by atoms with Gasteiger partial charge in [0, 0.05) is 16.6 Å². The number of anilines is 1. The Balaban J connectivity index is 2.83. The fourth-order valence-corrected chi connectivity index (χ4v) is 1.56. The molecule has 0 bridgehead atoms. The van der Waals surface area contributed by atoms with Crippen molar-refractivity contribution in [3.63, 3.8) is 0 Å². The number of nitrogens with two attached hydrogens (primary N) is 1. The van der Waals surface area contributed by atoms with Crippen molar-refractivity contribution in [2.45, 2.75) is 13.3 Å². The van der Waals surface area contributed by atoms with Crippen molar-refractivity contribution in [2.75, 3.05) is 5.73 Å². The topological polar surface area (TPSA) is 38.9 Å². The molecule has 2 N–H and O–H groups in total. The normalized spacial score (nSPS) is 11.3. The smallest absolute Gasteiger partial charge is 0.280 e. The van der Waals surface area contributed by atoms with Crippen molar-refractivity contribution < 1.29 is 13.2 Å². The molecule has 0 saturated carbocycles. The van der Waals surface area contributed by atoms with Gasteiger partial charge in [0.1, 0.15) is 11.5 Å². The number of pyridine rings is 1. The molecule has 1 aromatic heterocycles. The van der Waals surface area contributed by atoms with Gasteiger partial charge in [-0.25, -0.2) is 18.2 Å². The van der Waals surface area contributed by atoms with Crippen LogP contribution in [0.5, 0.6) is 0 Å². The van der Waals surface area contributed by atoms with Crippen LogP contribution in [-0.2, 0) is 0 Å². The number of benzene rings is 1. The van der Waals surface area contributed by atoms with Crippen LogP contribution in [0.1, 0.15) is 17.7 Å². The molecule has 2 rings (SSSR count). The van der Waals surface area contributed by atoms with Gasteiger partial charge in [-0.05, 0) is 25.1 Å². The Kier molecular flexibility index (Phi) is 2.46. The SMILES string of the molecule is Cc1c(F)ccc2c(N)cc(C(F)F)nc12. The van der Waals surface area contributed by atoms with Crippen molar-refractivity contribution in [1.82, 2.24) is 4.98 Å². The van der Waals surface area contributed by atoms with E-state index in [1.165, 1.54) is 19.1 Å². The van der Waals surface area contributed by atoms with Crippen molar-refractivity contribution in [3.8, 4) is 0 Å². The fraction of sp³-hybridized carbons (Fsp3) is 0.182. The summed E-state index contributed by atoms with van der Waals surface area (Å²) >= 11 is 0. The zero-order valence-electron chi connectivity index (χ0n) is 8.47. The molecule has 0 radical (unpaired) electrons. The Morgan fingerprint density at radius 3 is 2.62 bits per heavy atom. The number of aromatic nitrogens is 1. The largest absolute Gasteiger partial charge is 0.398 e. The van der Waals surface area contributed by atoms with Crippen LogP contribution in [0.3, 0.4) is 0 Å². The van der Waals surface area contributed by atoms with Crippen LogP contribution in [0.15, 0.2) is 18.2 Å². The molecule has 0 saturated heterocycles. The molecule has 0 spiro atoms. The van der Waals surface area contributed by atoms with Crippen LogP contribution in [0, 0.1) is 12.7 Å². The van der Waals surface area contributed by atoms with E-state index in [0.717, 1.165) is 6.07 Å². The number of alkyl halides is 2. The maximum absolute atomic E-state index is 13.2. The van der Waals surface area contributed by atoms with Crippen LogP contribution in [0.2, 0.25) is 0 Å². The molecular weight excluding hydrogens is 217 g/mol. The van der Waals surface area contributed by atoms with Crippen LogP contribution in [0.4, 0.5) is 18.9 Å². The molecule has 0 atom stereocenters. The molecule has 1 heterocycles. The summed E-state index contributed by atoms with van der Waals surface area (Å²) in [4.78, 5) is 3.73. The summed E-state index contributed by atoms with van der Waals surface area (Å²) in [5, 5.41) is 0.489. The second kappa shape index (κ2) is 3.66. The Labute approximate surface area is 89.9 Å². The van der Waals surface area contributed by atoms with Crippen molar-refractivity contribution in [2.24, 2.45) is 0 Å². The quantitative estimate of drug-likeness (QED) is 0.810. The van der Waals surface area contributed by atoms with Gasteiger partial charge in [0.05, 0.1) is 5.52 Å². The van der Waals surface area contributed by atoms with Gasteiger partial charge in [-0.15, -0.1) is 0 Å². The third-order valence-electron chi connectivity index (χ3n) is 2.44. The van der Waals surface area contributed by atoms with Crippen LogP contribution in [0.25, 0.3) is 10.9 Å². The van der Waals surface area contributed by atoms with Gasteiger partial charge in [-0.1, -0.05) is 0 Å². The van der Waals surface area contributed by atoms with Crippen molar-refractivity contribution >= 4 is 16.6 Å². The highest BCUT2D eigenvalue weighted by atomic mass is 19.3. The molecule has 84 valence electrons. The molecular formula is C11H9F3N2. The van der Waals surface area contributed by atoms with E-state index in [1.807, 2.05) is 0 Å². The lowest BCUT2D eigenvalue weighted by atomic mass is 10.1. The summed E-state index contributed by atoms with van der Waals surface area (Å²) in [5.41, 5.74) is 5.79. The summed E-state index contributed by atoms with van der Waals surface area (Å²) in [6, 6.07) is 3.80. The Bertz CT molecular complexity index is 552. The lowest BCUT2D eigenvalue weighted by molar-refractivity contribution is 0.146. The minimum atomic E-state index is -2.71. The third kappa shape index (κ3) is 1.58. The highest BCUT2D eigenvalue weighted by Gasteiger charge is 2.14. The van der Waals surface area contributed by atoms with E-state index in [9.17, 15) is 13.2 Å². The highest BCUT2D eigenvalue weighted by molar-refractivity contribution is 5.92. The van der Waals surface area contributed by atoms with E-state index in [-0.39, 0.29) is 16.8 Å². The first kappa shape index (κ1) is 10.7. The first-order valence-electron chi connectivity index (χ1n) is 4.64. The predicted octanol–water partition coefficient (Wildman–Crippen LogP) is 3.20. The van der Waals surface area contributed by atoms with E-state index in [0.29, 0.717) is 5.39 Å². The van der Waals surface area contributed by atoms with Crippen molar-refractivity contribution in [1.29, 1.82) is 0 Å². The average Bonchev–Trinajstić information content (AvgIpc) is 2.23. The van der Waals surface area contributed by atoms with Gasteiger partial charge >= 0.3 is 0 Å². The summed E-state index contributed by atoms with van der Waals surface area (Å²) in [7, 11) is 0. The Morgan fingerprint density at radius 1 is 1.31 bits per heavy atom. The maximum atomic E-state index is 13.2. The number of nitrogen functional groups attached to an aromatic ring is 1. The second-order valence-electron chi connectivity index (χ2n) is 3.51. The van der Waals surface area contributed by atoms with Gasteiger partial charge in [0.15, 0.2) is 0 Å². The van der Waals surface area contributed by atoms with Crippen LogP contribution < -0.4 is 5.73 Å². The highest BCUT2D eigenvalue weighted by Crippen LogP contribution is 2.28. The van der Waals surface area contributed by atoms with Crippen LogP contribution in [-0.4, -0.2) is 4.98 Å².